The van der Waals surface area contributed by atoms with Crippen LogP contribution in [0.15, 0.2) is 59.0 Å². The zero-order valence-electron chi connectivity index (χ0n) is 16.7. The number of oxazole rings is 1. The van der Waals surface area contributed by atoms with Crippen molar-refractivity contribution in [1.82, 2.24) is 4.98 Å². The molecule has 0 radical (unpaired) electrons. The molecular formula is C23H23NO5. The van der Waals surface area contributed by atoms with Gasteiger partial charge in [0.1, 0.15) is 18.1 Å². The van der Waals surface area contributed by atoms with Crippen LogP contribution in [-0.4, -0.2) is 24.7 Å². The first-order valence-electron chi connectivity index (χ1n) is 9.28. The second-order valence-electron chi connectivity index (χ2n) is 6.17. The summed E-state index contributed by atoms with van der Waals surface area (Å²) in [5, 5.41) is 0. The lowest BCUT2D eigenvalue weighted by Crippen LogP contribution is -2.02. The van der Waals surface area contributed by atoms with E-state index in [1.54, 1.807) is 32.2 Å². The second kappa shape index (κ2) is 9.59. The number of carbonyl (C=O) groups is 1. The summed E-state index contributed by atoms with van der Waals surface area (Å²) in [7, 11) is 1.57. The second-order valence-corrected chi connectivity index (χ2v) is 6.17. The van der Waals surface area contributed by atoms with E-state index in [0.717, 1.165) is 11.1 Å². The van der Waals surface area contributed by atoms with Gasteiger partial charge in [-0.3, -0.25) is 0 Å². The topological polar surface area (TPSA) is 70.8 Å². The Kier molecular flexibility index (Phi) is 6.68. The van der Waals surface area contributed by atoms with Crippen molar-refractivity contribution in [2.24, 2.45) is 0 Å². The average Bonchev–Trinajstić information content (AvgIpc) is 3.13. The summed E-state index contributed by atoms with van der Waals surface area (Å²) in [6.45, 7) is 4.29. The van der Waals surface area contributed by atoms with E-state index >= 15 is 0 Å². The average molecular weight is 393 g/mol. The van der Waals surface area contributed by atoms with Crippen LogP contribution in [-0.2, 0) is 16.1 Å². The molecule has 1 heterocycles. The Morgan fingerprint density at radius 3 is 2.66 bits per heavy atom. The molecule has 0 atom stereocenters. The third-order valence-electron chi connectivity index (χ3n) is 4.16. The van der Waals surface area contributed by atoms with Gasteiger partial charge in [0.25, 0.3) is 0 Å². The number of aryl methyl sites for hydroxylation is 1. The summed E-state index contributed by atoms with van der Waals surface area (Å²) < 4.78 is 21.8. The highest BCUT2D eigenvalue weighted by atomic mass is 16.5. The Balaban J connectivity index is 1.61. The third-order valence-corrected chi connectivity index (χ3v) is 4.16. The molecule has 0 spiro atoms. The van der Waals surface area contributed by atoms with Gasteiger partial charge in [0.05, 0.1) is 13.7 Å². The van der Waals surface area contributed by atoms with Crippen LogP contribution in [0.2, 0.25) is 0 Å². The summed E-state index contributed by atoms with van der Waals surface area (Å²) in [5.74, 6) is 1.92. The molecule has 6 nitrogen and oxygen atoms in total. The molecule has 0 aliphatic carbocycles. The van der Waals surface area contributed by atoms with Crippen molar-refractivity contribution in [3.63, 3.8) is 0 Å². The molecule has 0 saturated carbocycles. The number of rotatable bonds is 8. The summed E-state index contributed by atoms with van der Waals surface area (Å²) >= 11 is 0. The van der Waals surface area contributed by atoms with E-state index in [9.17, 15) is 4.79 Å². The minimum Gasteiger partial charge on any atom is -0.493 e. The largest absolute Gasteiger partial charge is 0.493 e. The van der Waals surface area contributed by atoms with E-state index in [0.29, 0.717) is 35.5 Å². The van der Waals surface area contributed by atoms with Crippen LogP contribution in [0.4, 0.5) is 0 Å². The van der Waals surface area contributed by atoms with E-state index < -0.39 is 5.97 Å². The van der Waals surface area contributed by atoms with Gasteiger partial charge in [-0.2, -0.15) is 0 Å². The molecule has 3 aromatic rings. The number of benzene rings is 2. The quantitative estimate of drug-likeness (QED) is 0.404. The van der Waals surface area contributed by atoms with Crippen molar-refractivity contribution in [2.75, 3.05) is 13.7 Å². The molecule has 3 rings (SSSR count). The van der Waals surface area contributed by atoms with Gasteiger partial charge in [0.15, 0.2) is 11.5 Å². The van der Waals surface area contributed by atoms with Gasteiger partial charge in [0.2, 0.25) is 5.89 Å². The van der Waals surface area contributed by atoms with Crippen LogP contribution in [0.25, 0.3) is 17.5 Å². The summed E-state index contributed by atoms with van der Waals surface area (Å²) in [6.07, 6.45) is 3.02. The Bertz CT molecular complexity index is 992. The third kappa shape index (κ3) is 5.25. The first-order valence-corrected chi connectivity index (χ1v) is 9.28. The van der Waals surface area contributed by atoms with E-state index in [2.05, 4.69) is 4.98 Å². The van der Waals surface area contributed by atoms with Crippen molar-refractivity contribution < 1.29 is 23.4 Å². The smallest absolute Gasteiger partial charge is 0.331 e. The Hall–Kier alpha value is -3.54. The molecule has 0 fully saturated rings. The lowest BCUT2D eigenvalue weighted by atomic mass is 10.2. The van der Waals surface area contributed by atoms with Crippen LogP contribution >= 0.6 is 0 Å². The van der Waals surface area contributed by atoms with Gasteiger partial charge in [-0.1, -0.05) is 24.3 Å². The van der Waals surface area contributed by atoms with Crippen LogP contribution in [0.3, 0.4) is 0 Å². The number of ether oxygens (including phenoxy) is 3. The maximum absolute atomic E-state index is 12.1. The fourth-order valence-electron chi connectivity index (χ4n) is 2.68. The number of hydrogen-bond acceptors (Lipinski definition) is 6. The van der Waals surface area contributed by atoms with Crippen LogP contribution in [0.1, 0.15) is 23.9 Å². The number of methoxy groups -OCH3 is 1. The fraction of sp³-hybridized carbons (Fsp3) is 0.217. The Morgan fingerprint density at radius 1 is 1.14 bits per heavy atom. The molecule has 1 aromatic heterocycles. The molecule has 0 aliphatic rings. The van der Waals surface area contributed by atoms with Crippen molar-refractivity contribution in [1.29, 1.82) is 0 Å². The molecule has 6 heteroatoms. The van der Waals surface area contributed by atoms with Gasteiger partial charge in [-0.25, -0.2) is 9.78 Å². The number of esters is 1. The van der Waals surface area contributed by atoms with E-state index in [1.807, 2.05) is 43.3 Å². The molecule has 0 N–H and O–H groups in total. The van der Waals surface area contributed by atoms with Crippen LogP contribution in [0, 0.1) is 6.92 Å². The minimum absolute atomic E-state index is 0.0396. The van der Waals surface area contributed by atoms with E-state index in [1.165, 1.54) is 6.08 Å². The number of aromatic nitrogens is 1. The van der Waals surface area contributed by atoms with Gasteiger partial charge in [-0.15, -0.1) is 0 Å². The standard InChI is InChI=1S/C23H23NO5/c1-4-27-20-12-10-17(14-21(20)26-3)11-13-22(25)28-15-19-16(2)29-23(24-19)18-8-6-5-7-9-18/h5-14H,4,15H2,1-3H3/b13-11+. The molecule has 2 aromatic carbocycles. The molecule has 0 saturated heterocycles. The van der Waals surface area contributed by atoms with Crippen LogP contribution < -0.4 is 9.47 Å². The first-order chi connectivity index (χ1) is 14.1. The Morgan fingerprint density at radius 2 is 1.93 bits per heavy atom. The SMILES string of the molecule is CCOc1ccc(/C=C/C(=O)OCc2nc(-c3ccccc3)oc2C)cc1OC. The van der Waals surface area contributed by atoms with Crippen LogP contribution in [0.5, 0.6) is 11.5 Å². The molecule has 0 amide bonds. The monoisotopic (exact) mass is 393 g/mol. The summed E-state index contributed by atoms with van der Waals surface area (Å²) in [5.41, 5.74) is 2.26. The van der Waals surface area contributed by atoms with Gasteiger partial charge in [0, 0.05) is 11.6 Å². The summed E-state index contributed by atoms with van der Waals surface area (Å²) in [6, 6.07) is 15.0. The fourth-order valence-corrected chi connectivity index (χ4v) is 2.68. The molecule has 29 heavy (non-hydrogen) atoms. The van der Waals surface area contributed by atoms with Crippen molar-refractivity contribution in [3.05, 3.63) is 71.6 Å². The molecular weight excluding hydrogens is 370 g/mol. The highest BCUT2D eigenvalue weighted by Crippen LogP contribution is 2.28. The first kappa shape index (κ1) is 20.2. The Labute approximate surface area is 169 Å². The zero-order valence-corrected chi connectivity index (χ0v) is 16.7. The number of nitrogens with zero attached hydrogens (tertiary/aromatic N) is 1. The molecule has 150 valence electrons. The van der Waals surface area contributed by atoms with Gasteiger partial charge in [-0.05, 0) is 49.8 Å². The highest BCUT2D eigenvalue weighted by molar-refractivity contribution is 5.87. The normalized spacial score (nSPS) is 10.9. The minimum atomic E-state index is -0.471. The summed E-state index contributed by atoms with van der Waals surface area (Å²) in [4.78, 5) is 16.5. The number of hydrogen-bond donors (Lipinski definition) is 0. The number of carbonyl (C=O) groups excluding carboxylic acids is 1. The maximum Gasteiger partial charge on any atom is 0.331 e. The van der Waals surface area contributed by atoms with Gasteiger partial charge >= 0.3 is 5.97 Å². The lowest BCUT2D eigenvalue weighted by molar-refractivity contribution is -0.139. The van der Waals surface area contributed by atoms with E-state index in [-0.39, 0.29) is 6.61 Å². The van der Waals surface area contributed by atoms with Crippen molar-refractivity contribution in [2.45, 2.75) is 20.5 Å². The lowest BCUT2D eigenvalue weighted by Gasteiger charge is -2.09. The molecule has 0 aliphatic heterocycles. The predicted molar refractivity (Wildman–Crippen MR) is 110 cm³/mol. The maximum atomic E-state index is 12.1. The molecule has 0 bridgehead atoms. The predicted octanol–water partition coefficient (Wildman–Crippen LogP) is 4.81. The molecule has 0 unspecified atom stereocenters. The van der Waals surface area contributed by atoms with E-state index in [4.69, 9.17) is 18.6 Å². The van der Waals surface area contributed by atoms with Crippen molar-refractivity contribution >= 4 is 12.0 Å². The zero-order chi connectivity index (χ0) is 20.6. The van der Waals surface area contributed by atoms with Gasteiger partial charge < -0.3 is 18.6 Å². The highest BCUT2D eigenvalue weighted by Gasteiger charge is 2.12. The van der Waals surface area contributed by atoms with Crippen molar-refractivity contribution in [3.8, 4) is 23.0 Å².